The van der Waals surface area contributed by atoms with Gasteiger partial charge < -0.3 is 14.5 Å². The van der Waals surface area contributed by atoms with Crippen LogP contribution in [0.5, 0.6) is 0 Å². The van der Waals surface area contributed by atoms with E-state index in [1.54, 1.807) is 0 Å². The fraction of sp³-hybridized carbons (Fsp3) is 0.733. The third-order valence-corrected chi connectivity index (χ3v) is 5.44. The highest BCUT2D eigenvalue weighted by molar-refractivity contribution is 8.00. The Morgan fingerprint density at radius 3 is 2.68 bits per heavy atom. The first-order chi connectivity index (χ1) is 9.19. The Bertz CT molecular complexity index is 385. The molecule has 1 saturated heterocycles. The molecule has 1 N–H and O–H groups in total. The average molecular weight is 283 g/mol. The van der Waals surface area contributed by atoms with Crippen LogP contribution in [0.1, 0.15) is 44.3 Å². The molecule has 1 atom stereocenters. The summed E-state index contributed by atoms with van der Waals surface area (Å²) in [6, 6.07) is 4.44. The predicted molar refractivity (Wildman–Crippen MR) is 80.8 cm³/mol. The second-order valence-corrected chi connectivity index (χ2v) is 6.53. The minimum atomic E-state index is 0.271. The summed E-state index contributed by atoms with van der Waals surface area (Å²) >= 11 is 1.97. The molecule has 1 fully saturated rings. The maximum Gasteiger partial charge on any atom is 0.120 e. The van der Waals surface area contributed by atoms with Crippen molar-refractivity contribution in [2.45, 2.75) is 43.9 Å². The highest BCUT2D eigenvalue weighted by atomic mass is 32.2. The molecule has 2 heterocycles. The van der Waals surface area contributed by atoms with Crippen molar-refractivity contribution in [1.82, 2.24) is 5.32 Å². The van der Waals surface area contributed by atoms with Crippen LogP contribution >= 0.6 is 11.8 Å². The second kappa shape index (κ2) is 6.82. The number of nitrogens with one attached hydrogen (secondary N) is 1. The summed E-state index contributed by atoms with van der Waals surface area (Å²) in [4.78, 5) is 0. The predicted octanol–water partition coefficient (Wildman–Crippen LogP) is 3.40. The Balaban J connectivity index is 1.89. The Morgan fingerprint density at radius 2 is 2.11 bits per heavy atom. The standard InChI is InChI=1S/C15H25NO2S/c1-4-13-5-6-14(18-13)12(2)16-11-15(19-3)7-9-17-10-8-15/h5-6,12,16H,4,7-11H2,1-3H3/t12-/m1/s1. The first-order valence-electron chi connectivity index (χ1n) is 7.14. The summed E-state index contributed by atoms with van der Waals surface area (Å²) in [7, 11) is 0. The average Bonchev–Trinajstić information content (AvgIpc) is 2.95. The van der Waals surface area contributed by atoms with Crippen LogP contribution in [0, 0.1) is 0 Å². The number of rotatable bonds is 6. The molecule has 1 aliphatic heterocycles. The number of thioether (sulfide) groups is 1. The summed E-state index contributed by atoms with van der Waals surface area (Å²) in [6.45, 7) is 7.08. The summed E-state index contributed by atoms with van der Waals surface area (Å²) < 4.78 is 11.6. The van der Waals surface area contributed by atoms with E-state index in [9.17, 15) is 0 Å². The summed E-state index contributed by atoms with van der Waals surface area (Å²) in [5.74, 6) is 2.11. The number of hydrogen-bond donors (Lipinski definition) is 1. The van der Waals surface area contributed by atoms with E-state index in [-0.39, 0.29) is 6.04 Å². The van der Waals surface area contributed by atoms with Gasteiger partial charge in [-0.05, 0) is 38.2 Å². The van der Waals surface area contributed by atoms with Gasteiger partial charge in [0.1, 0.15) is 11.5 Å². The van der Waals surface area contributed by atoms with Gasteiger partial charge in [0.05, 0.1) is 6.04 Å². The molecule has 108 valence electrons. The molecule has 1 aromatic heterocycles. The number of hydrogen-bond acceptors (Lipinski definition) is 4. The van der Waals surface area contributed by atoms with Gasteiger partial charge in [-0.25, -0.2) is 0 Å². The van der Waals surface area contributed by atoms with E-state index in [0.717, 1.165) is 50.5 Å². The molecule has 0 radical (unpaired) electrons. The first kappa shape index (κ1) is 14.9. The SMILES string of the molecule is CCc1ccc([C@@H](C)NCC2(SC)CCOCC2)o1. The molecule has 1 aromatic rings. The monoisotopic (exact) mass is 283 g/mol. The molecule has 0 unspecified atom stereocenters. The Morgan fingerprint density at radius 1 is 1.37 bits per heavy atom. The quantitative estimate of drug-likeness (QED) is 0.867. The highest BCUT2D eigenvalue weighted by Gasteiger charge is 2.32. The fourth-order valence-electron chi connectivity index (χ4n) is 2.45. The zero-order valence-electron chi connectivity index (χ0n) is 12.2. The molecular formula is C15H25NO2S. The van der Waals surface area contributed by atoms with Crippen LogP contribution in [-0.4, -0.2) is 30.8 Å². The van der Waals surface area contributed by atoms with Crippen LogP contribution in [-0.2, 0) is 11.2 Å². The molecule has 2 rings (SSSR count). The van der Waals surface area contributed by atoms with Crippen LogP contribution in [0.15, 0.2) is 16.5 Å². The lowest BCUT2D eigenvalue weighted by atomic mass is 9.98. The van der Waals surface area contributed by atoms with Gasteiger partial charge in [0.25, 0.3) is 0 Å². The van der Waals surface area contributed by atoms with Gasteiger partial charge in [-0.15, -0.1) is 0 Å². The lowest BCUT2D eigenvalue weighted by Crippen LogP contribution is -2.43. The minimum absolute atomic E-state index is 0.271. The molecule has 0 bridgehead atoms. The molecule has 0 saturated carbocycles. The van der Waals surface area contributed by atoms with Crippen LogP contribution < -0.4 is 5.32 Å². The van der Waals surface area contributed by atoms with Crippen molar-refractivity contribution in [3.05, 3.63) is 23.7 Å². The van der Waals surface area contributed by atoms with Gasteiger partial charge in [0.2, 0.25) is 0 Å². The van der Waals surface area contributed by atoms with Crippen molar-refractivity contribution in [3.63, 3.8) is 0 Å². The van der Waals surface area contributed by atoms with Gasteiger partial charge >= 0.3 is 0 Å². The van der Waals surface area contributed by atoms with E-state index < -0.39 is 0 Å². The lowest BCUT2D eigenvalue weighted by Gasteiger charge is -2.36. The second-order valence-electron chi connectivity index (χ2n) is 5.26. The molecule has 0 spiro atoms. The van der Waals surface area contributed by atoms with E-state index in [1.165, 1.54) is 0 Å². The molecule has 1 aliphatic rings. The van der Waals surface area contributed by atoms with Crippen molar-refractivity contribution < 1.29 is 9.15 Å². The Kier molecular flexibility index (Phi) is 5.37. The molecule has 0 amide bonds. The van der Waals surface area contributed by atoms with Crippen LogP contribution in [0.2, 0.25) is 0 Å². The largest absolute Gasteiger partial charge is 0.464 e. The van der Waals surface area contributed by atoms with Gasteiger partial charge in [-0.2, -0.15) is 11.8 Å². The smallest absolute Gasteiger partial charge is 0.120 e. The Labute approximate surface area is 120 Å². The highest BCUT2D eigenvalue weighted by Crippen LogP contribution is 2.33. The third kappa shape index (κ3) is 3.77. The van der Waals surface area contributed by atoms with Crippen molar-refractivity contribution in [2.24, 2.45) is 0 Å². The van der Waals surface area contributed by atoms with Gasteiger partial charge in [-0.1, -0.05) is 6.92 Å². The zero-order chi connectivity index (χ0) is 13.7. The summed E-state index contributed by atoms with van der Waals surface area (Å²) in [6.07, 6.45) is 5.43. The Hall–Kier alpha value is -0.450. The van der Waals surface area contributed by atoms with Gasteiger partial charge in [-0.3, -0.25) is 0 Å². The molecule has 4 heteroatoms. The van der Waals surface area contributed by atoms with Crippen LogP contribution in [0.25, 0.3) is 0 Å². The topological polar surface area (TPSA) is 34.4 Å². The number of ether oxygens (including phenoxy) is 1. The van der Waals surface area contributed by atoms with Gasteiger partial charge in [0, 0.05) is 30.9 Å². The van der Waals surface area contributed by atoms with Crippen molar-refractivity contribution in [1.29, 1.82) is 0 Å². The van der Waals surface area contributed by atoms with Gasteiger partial charge in [0.15, 0.2) is 0 Å². The normalized spacial score (nSPS) is 20.4. The molecule has 0 aliphatic carbocycles. The van der Waals surface area contributed by atoms with E-state index in [2.05, 4.69) is 37.6 Å². The number of furan rings is 1. The van der Waals surface area contributed by atoms with E-state index >= 15 is 0 Å². The molecule has 0 aromatic carbocycles. The molecule has 3 nitrogen and oxygen atoms in total. The molecule has 19 heavy (non-hydrogen) atoms. The van der Waals surface area contributed by atoms with E-state index in [1.807, 2.05) is 11.8 Å². The lowest BCUT2D eigenvalue weighted by molar-refractivity contribution is 0.0764. The maximum atomic E-state index is 5.81. The summed E-state index contributed by atoms with van der Waals surface area (Å²) in [5, 5.41) is 3.63. The van der Waals surface area contributed by atoms with Crippen LogP contribution in [0.4, 0.5) is 0 Å². The number of aryl methyl sites for hydroxylation is 1. The zero-order valence-corrected chi connectivity index (χ0v) is 13.0. The van der Waals surface area contributed by atoms with Crippen molar-refractivity contribution in [2.75, 3.05) is 26.0 Å². The minimum Gasteiger partial charge on any atom is -0.464 e. The van der Waals surface area contributed by atoms with E-state index in [4.69, 9.17) is 9.15 Å². The molecular weight excluding hydrogens is 258 g/mol. The summed E-state index contributed by atoms with van der Waals surface area (Å²) in [5.41, 5.74) is 0. The maximum absolute atomic E-state index is 5.81. The third-order valence-electron chi connectivity index (χ3n) is 4.03. The van der Waals surface area contributed by atoms with Crippen molar-refractivity contribution >= 4 is 11.8 Å². The van der Waals surface area contributed by atoms with E-state index in [0.29, 0.717) is 4.75 Å². The first-order valence-corrected chi connectivity index (χ1v) is 8.36. The van der Waals surface area contributed by atoms with Crippen LogP contribution in [0.3, 0.4) is 0 Å². The fourth-order valence-corrected chi connectivity index (χ4v) is 3.26. The van der Waals surface area contributed by atoms with Crippen molar-refractivity contribution in [3.8, 4) is 0 Å².